The predicted octanol–water partition coefficient (Wildman–Crippen LogP) is 4.86. The van der Waals surface area contributed by atoms with Crippen LogP contribution in [0.1, 0.15) is 63.0 Å². The Labute approximate surface area is 219 Å². The summed E-state index contributed by atoms with van der Waals surface area (Å²) in [5.74, 6) is 0.165. The molecule has 3 heterocycles. The molecular formula is C32H35N3O2. The molecule has 0 bridgehead atoms. The molecule has 0 aromatic heterocycles. The fourth-order valence-corrected chi connectivity index (χ4v) is 6.53. The van der Waals surface area contributed by atoms with Crippen LogP contribution in [-0.2, 0) is 17.8 Å². The minimum atomic E-state index is -0.392. The first-order chi connectivity index (χ1) is 18.1. The van der Waals surface area contributed by atoms with Gasteiger partial charge in [0.2, 0.25) is 5.91 Å². The van der Waals surface area contributed by atoms with Gasteiger partial charge in [-0.1, -0.05) is 72.3 Å². The number of hydrogen-bond acceptors (Lipinski definition) is 3. The van der Waals surface area contributed by atoms with E-state index in [0.29, 0.717) is 24.6 Å². The van der Waals surface area contributed by atoms with E-state index >= 15 is 0 Å². The molecular weight excluding hydrogens is 458 g/mol. The zero-order valence-corrected chi connectivity index (χ0v) is 21.5. The van der Waals surface area contributed by atoms with Gasteiger partial charge in [-0.3, -0.25) is 14.5 Å². The SMILES string of the molecule is Cc1cccc(CN2CCC(CNC(=O)[C@@H]3c4ccccc4C(=O)N4CCc5ccccc5[C@@H]34)CC2)c1. The van der Waals surface area contributed by atoms with E-state index in [1.807, 2.05) is 41.3 Å². The van der Waals surface area contributed by atoms with Crippen LogP contribution in [-0.4, -0.2) is 47.8 Å². The molecule has 3 aliphatic rings. The number of amides is 2. The molecule has 5 heteroatoms. The van der Waals surface area contributed by atoms with Crippen molar-refractivity contribution >= 4 is 11.8 Å². The largest absolute Gasteiger partial charge is 0.355 e. The summed E-state index contributed by atoms with van der Waals surface area (Å²) in [4.78, 5) is 31.7. The molecule has 1 saturated heterocycles. The minimum absolute atomic E-state index is 0.0360. The standard InChI is InChI=1S/C32H35N3O2/c1-22-7-6-8-24(19-22)21-34-16-13-23(14-17-34)20-33-31(36)29-27-11-4-5-12-28(27)32(37)35-18-15-25-9-2-3-10-26(25)30(29)35/h2-12,19,23,29-30H,13-18,20-21H2,1H3,(H,33,36)/t29-,30+/m1/s1. The molecule has 37 heavy (non-hydrogen) atoms. The summed E-state index contributed by atoms with van der Waals surface area (Å²) in [7, 11) is 0. The predicted molar refractivity (Wildman–Crippen MR) is 145 cm³/mol. The molecule has 2 atom stereocenters. The minimum Gasteiger partial charge on any atom is -0.355 e. The summed E-state index contributed by atoms with van der Waals surface area (Å²) in [6.45, 7) is 6.59. The lowest BCUT2D eigenvalue weighted by Gasteiger charge is -2.45. The van der Waals surface area contributed by atoms with Crippen molar-refractivity contribution in [3.63, 3.8) is 0 Å². The van der Waals surface area contributed by atoms with Crippen molar-refractivity contribution in [2.45, 2.75) is 44.7 Å². The van der Waals surface area contributed by atoms with Gasteiger partial charge in [0.25, 0.3) is 5.91 Å². The lowest BCUT2D eigenvalue weighted by molar-refractivity contribution is -0.124. The Hall–Kier alpha value is -3.44. The van der Waals surface area contributed by atoms with Crippen LogP contribution < -0.4 is 5.32 Å². The van der Waals surface area contributed by atoms with Gasteiger partial charge in [0, 0.05) is 25.2 Å². The molecule has 6 rings (SSSR count). The highest BCUT2D eigenvalue weighted by molar-refractivity contribution is 6.01. The van der Waals surface area contributed by atoms with Crippen molar-refractivity contribution in [2.24, 2.45) is 5.92 Å². The van der Waals surface area contributed by atoms with E-state index in [9.17, 15) is 9.59 Å². The molecule has 1 fully saturated rings. The molecule has 0 unspecified atom stereocenters. The molecule has 0 spiro atoms. The molecule has 0 aliphatic carbocycles. The van der Waals surface area contributed by atoms with Crippen LogP contribution in [0.5, 0.6) is 0 Å². The maximum absolute atomic E-state index is 13.9. The average molecular weight is 494 g/mol. The number of fused-ring (bicyclic) bond motifs is 4. The molecule has 3 aromatic carbocycles. The second-order valence-electron chi connectivity index (χ2n) is 10.9. The summed E-state index contributed by atoms with van der Waals surface area (Å²) >= 11 is 0. The maximum Gasteiger partial charge on any atom is 0.254 e. The van der Waals surface area contributed by atoms with Crippen molar-refractivity contribution in [3.05, 3.63) is 106 Å². The molecule has 190 valence electrons. The fraction of sp³-hybridized carbons (Fsp3) is 0.375. The van der Waals surface area contributed by atoms with Gasteiger partial charge in [-0.15, -0.1) is 0 Å². The van der Waals surface area contributed by atoms with Crippen molar-refractivity contribution < 1.29 is 9.59 Å². The summed E-state index contributed by atoms with van der Waals surface area (Å²) < 4.78 is 0. The van der Waals surface area contributed by atoms with E-state index in [1.54, 1.807) is 0 Å². The van der Waals surface area contributed by atoms with Crippen molar-refractivity contribution in [3.8, 4) is 0 Å². The van der Waals surface area contributed by atoms with Crippen LogP contribution >= 0.6 is 0 Å². The van der Waals surface area contributed by atoms with Gasteiger partial charge in [0.1, 0.15) is 0 Å². The molecule has 0 saturated carbocycles. The van der Waals surface area contributed by atoms with Crippen molar-refractivity contribution in [2.75, 3.05) is 26.2 Å². The van der Waals surface area contributed by atoms with Crippen LogP contribution in [0.15, 0.2) is 72.8 Å². The highest BCUT2D eigenvalue weighted by Gasteiger charge is 2.46. The molecule has 3 aromatic rings. The van der Waals surface area contributed by atoms with E-state index in [4.69, 9.17) is 0 Å². The summed E-state index contributed by atoms with van der Waals surface area (Å²) in [6, 6.07) is 24.5. The number of carbonyl (C=O) groups excluding carboxylic acids is 2. The van der Waals surface area contributed by atoms with Crippen LogP contribution in [0.2, 0.25) is 0 Å². The number of hydrogen-bond donors (Lipinski definition) is 1. The second kappa shape index (κ2) is 10.1. The highest BCUT2D eigenvalue weighted by atomic mass is 16.2. The van der Waals surface area contributed by atoms with Gasteiger partial charge < -0.3 is 10.2 Å². The first-order valence-corrected chi connectivity index (χ1v) is 13.6. The Morgan fingerprint density at radius 3 is 2.49 bits per heavy atom. The number of nitrogens with one attached hydrogen (secondary N) is 1. The first kappa shape index (κ1) is 23.9. The van der Waals surface area contributed by atoms with Crippen LogP contribution in [0, 0.1) is 12.8 Å². The quantitative estimate of drug-likeness (QED) is 0.552. The van der Waals surface area contributed by atoms with Crippen LogP contribution in [0.3, 0.4) is 0 Å². The van der Waals surface area contributed by atoms with Crippen molar-refractivity contribution in [1.29, 1.82) is 0 Å². The number of aryl methyl sites for hydroxylation is 1. The van der Waals surface area contributed by atoms with Gasteiger partial charge in [0.15, 0.2) is 0 Å². The molecule has 1 N–H and O–H groups in total. The van der Waals surface area contributed by atoms with E-state index in [0.717, 1.165) is 50.0 Å². The maximum atomic E-state index is 13.9. The van der Waals surface area contributed by atoms with Crippen LogP contribution in [0.25, 0.3) is 0 Å². The monoisotopic (exact) mass is 493 g/mol. The number of nitrogens with zero attached hydrogens (tertiary/aromatic N) is 2. The number of likely N-dealkylation sites (tertiary alicyclic amines) is 1. The van der Waals surface area contributed by atoms with Gasteiger partial charge in [-0.05, 0) is 73.5 Å². The molecule has 0 radical (unpaired) electrons. The average Bonchev–Trinajstić information content (AvgIpc) is 2.93. The number of rotatable bonds is 5. The van der Waals surface area contributed by atoms with Gasteiger partial charge in [-0.25, -0.2) is 0 Å². The fourth-order valence-electron chi connectivity index (χ4n) is 6.53. The molecule has 2 amide bonds. The first-order valence-electron chi connectivity index (χ1n) is 13.6. The van der Waals surface area contributed by atoms with Crippen molar-refractivity contribution in [1.82, 2.24) is 15.1 Å². The summed E-state index contributed by atoms with van der Waals surface area (Å²) in [5, 5.41) is 3.32. The Balaban J connectivity index is 1.15. The normalized spacial score (nSPS) is 21.6. The third kappa shape index (κ3) is 4.69. The smallest absolute Gasteiger partial charge is 0.254 e. The zero-order valence-electron chi connectivity index (χ0n) is 21.5. The van der Waals surface area contributed by atoms with Gasteiger partial charge in [-0.2, -0.15) is 0 Å². The van der Waals surface area contributed by atoms with E-state index in [2.05, 4.69) is 53.5 Å². The van der Waals surface area contributed by atoms with Gasteiger partial charge in [0.05, 0.1) is 12.0 Å². The van der Waals surface area contributed by atoms with Crippen LogP contribution in [0.4, 0.5) is 0 Å². The zero-order chi connectivity index (χ0) is 25.4. The summed E-state index contributed by atoms with van der Waals surface area (Å²) in [5.41, 5.74) is 6.56. The highest BCUT2D eigenvalue weighted by Crippen LogP contribution is 2.45. The third-order valence-electron chi connectivity index (χ3n) is 8.48. The number of benzene rings is 3. The lowest BCUT2D eigenvalue weighted by atomic mass is 9.75. The Morgan fingerprint density at radius 2 is 1.68 bits per heavy atom. The van der Waals surface area contributed by atoms with E-state index < -0.39 is 5.92 Å². The Morgan fingerprint density at radius 1 is 0.919 bits per heavy atom. The second-order valence-corrected chi connectivity index (χ2v) is 10.9. The third-order valence-corrected chi connectivity index (χ3v) is 8.48. The number of carbonyl (C=O) groups is 2. The van der Waals surface area contributed by atoms with E-state index in [-0.39, 0.29) is 17.9 Å². The lowest BCUT2D eigenvalue weighted by Crippen LogP contribution is -2.50. The molecule has 3 aliphatic heterocycles. The molecule has 5 nitrogen and oxygen atoms in total. The Bertz CT molecular complexity index is 1310. The summed E-state index contributed by atoms with van der Waals surface area (Å²) in [6.07, 6.45) is 3.00. The topological polar surface area (TPSA) is 52.7 Å². The van der Waals surface area contributed by atoms with E-state index in [1.165, 1.54) is 16.7 Å². The van der Waals surface area contributed by atoms with Gasteiger partial charge >= 0.3 is 0 Å². The number of piperidine rings is 1. The Kier molecular flexibility index (Phi) is 6.56.